The first-order valence-electron chi connectivity index (χ1n) is 10.1. The molecule has 0 radical (unpaired) electrons. The van der Waals surface area contributed by atoms with Gasteiger partial charge in [-0.1, -0.05) is 44.9 Å². The molecule has 0 aliphatic rings. The normalized spacial score (nSPS) is 10.6. The van der Waals surface area contributed by atoms with Gasteiger partial charge in [-0.25, -0.2) is 4.98 Å². The fraction of sp³-hybridized carbons (Fsp3) is 0.240. The number of phenols is 2. The molecule has 1 aromatic heterocycles. The summed E-state index contributed by atoms with van der Waals surface area (Å²) in [6.45, 7) is 8.24. The Bertz CT molecular complexity index is 954. The van der Waals surface area contributed by atoms with Crippen LogP contribution in [0.1, 0.15) is 49.2 Å². The van der Waals surface area contributed by atoms with Gasteiger partial charge >= 0.3 is 23.9 Å². The zero-order chi connectivity index (χ0) is 21.9. The molecule has 156 valence electrons. The Balaban J connectivity index is 0.000000885. The maximum atomic E-state index is 9.85. The van der Waals surface area contributed by atoms with Crippen molar-refractivity contribution in [2.75, 3.05) is 0 Å². The second-order valence-electron chi connectivity index (χ2n) is 6.99. The molecule has 0 fully saturated rings. The van der Waals surface area contributed by atoms with Crippen LogP contribution >= 0.6 is 0 Å². The molecule has 0 amide bonds. The van der Waals surface area contributed by atoms with Gasteiger partial charge in [0.15, 0.2) is 0 Å². The van der Waals surface area contributed by atoms with Gasteiger partial charge in [0.1, 0.15) is 22.9 Å². The van der Waals surface area contributed by atoms with E-state index < -0.39 is 0 Å². The van der Waals surface area contributed by atoms with Crippen molar-refractivity contribution in [1.82, 2.24) is 4.98 Å². The monoisotopic (exact) mass is 523 g/mol. The summed E-state index contributed by atoms with van der Waals surface area (Å²) in [5.41, 5.74) is 4.31. The Morgan fingerprint density at radius 3 is 1.55 bits per heavy atom. The van der Waals surface area contributed by atoms with Crippen LogP contribution in [0.4, 0.5) is 11.4 Å². The van der Waals surface area contributed by atoms with Gasteiger partial charge in [0, 0.05) is 0 Å². The molecule has 0 aliphatic heterocycles. The van der Waals surface area contributed by atoms with E-state index in [1.165, 1.54) is 12.8 Å². The fourth-order valence-electron chi connectivity index (χ4n) is 2.36. The summed E-state index contributed by atoms with van der Waals surface area (Å²) in [5.74, 6) is 0.249. The van der Waals surface area contributed by atoms with Crippen LogP contribution < -0.4 is 0 Å². The standard InChI is InChI=1S/C21H19N3O2.C4H10.Sn/c1-14-6-8-20(25)18(10-14)22-12-16-4-3-5-17(24-16)13-23-19-11-15(2)7-9-21(19)26;1-3-4-2;/h3-13,25-26H,1-2H3;3-4H2,1-2H3;/q;;+4. The smallest absolute Gasteiger partial charge is 0.506 e. The second kappa shape index (κ2) is 13.6. The predicted molar refractivity (Wildman–Crippen MR) is 131 cm³/mol. The van der Waals surface area contributed by atoms with Crippen molar-refractivity contribution in [3.8, 4) is 11.5 Å². The van der Waals surface area contributed by atoms with Crippen molar-refractivity contribution in [3.05, 3.63) is 77.1 Å². The molecule has 2 N–H and O–H groups in total. The summed E-state index contributed by atoms with van der Waals surface area (Å²) in [4.78, 5) is 13.0. The van der Waals surface area contributed by atoms with Crippen molar-refractivity contribution >= 4 is 47.7 Å². The van der Waals surface area contributed by atoms with E-state index in [1.807, 2.05) is 44.2 Å². The molecule has 3 rings (SSSR count). The predicted octanol–water partition coefficient (Wildman–Crippen LogP) is 6.04. The first-order chi connectivity index (χ1) is 14.4. The molecule has 0 bridgehead atoms. The Labute approximate surface area is 201 Å². The number of benzene rings is 2. The minimum Gasteiger partial charge on any atom is -0.506 e. The summed E-state index contributed by atoms with van der Waals surface area (Å²) in [6, 6.07) is 16.0. The maximum absolute atomic E-state index is 9.85. The van der Waals surface area contributed by atoms with E-state index in [1.54, 1.807) is 36.7 Å². The number of aromatic hydroxyl groups is 2. The molecule has 0 unspecified atom stereocenters. The average Bonchev–Trinajstić information content (AvgIpc) is 2.75. The van der Waals surface area contributed by atoms with Crippen LogP contribution in [0.15, 0.2) is 64.6 Å². The summed E-state index contributed by atoms with van der Waals surface area (Å²) >= 11 is 0. The number of unbranched alkanes of at least 4 members (excludes halogenated alkanes) is 1. The van der Waals surface area contributed by atoms with E-state index in [0.717, 1.165) is 11.1 Å². The van der Waals surface area contributed by atoms with E-state index in [0.29, 0.717) is 22.8 Å². The molecule has 5 nitrogen and oxygen atoms in total. The average molecular weight is 522 g/mol. The van der Waals surface area contributed by atoms with Crippen molar-refractivity contribution in [2.24, 2.45) is 9.98 Å². The number of pyridine rings is 1. The largest absolute Gasteiger partial charge is 4.00 e. The summed E-state index contributed by atoms with van der Waals surface area (Å²) in [5, 5.41) is 19.7. The van der Waals surface area contributed by atoms with Crippen molar-refractivity contribution in [3.63, 3.8) is 0 Å². The van der Waals surface area contributed by atoms with Crippen LogP contribution in [0.5, 0.6) is 11.5 Å². The quantitative estimate of drug-likeness (QED) is 0.317. The molecule has 2 aromatic carbocycles. The van der Waals surface area contributed by atoms with Gasteiger partial charge in [-0.3, -0.25) is 9.98 Å². The topological polar surface area (TPSA) is 78.1 Å². The Kier molecular flexibility index (Phi) is 11.6. The third kappa shape index (κ3) is 8.92. The number of aromatic nitrogens is 1. The van der Waals surface area contributed by atoms with E-state index >= 15 is 0 Å². The number of phenolic OH excluding ortho intramolecular Hbond substituents is 2. The molecule has 1 heterocycles. The number of hydrogen-bond acceptors (Lipinski definition) is 5. The van der Waals surface area contributed by atoms with Crippen LogP contribution in [0.2, 0.25) is 0 Å². The van der Waals surface area contributed by atoms with Gasteiger partial charge in [-0.05, 0) is 61.4 Å². The summed E-state index contributed by atoms with van der Waals surface area (Å²) in [6.07, 6.45) is 5.83. The zero-order valence-electron chi connectivity index (χ0n) is 18.5. The maximum Gasteiger partial charge on any atom is 4.00 e. The van der Waals surface area contributed by atoms with E-state index in [-0.39, 0.29) is 35.4 Å². The molecule has 3 aromatic rings. The number of aliphatic imine (C=N–C) groups is 2. The van der Waals surface area contributed by atoms with Crippen LogP contribution in [-0.2, 0) is 0 Å². The zero-order valence-corrected chi connectivity index (χ0v) is 21.4. The van der Waals surface area contributed by atoms with E-state index in [9.17, 15) is 10.2 Å². The SMILES string of the molecule is CCCC.Cc1ccc(O)c(N=Cc2cccc(C=Nc3cc(C)ccc3O)n2)c1.[Sn+4]. The minimum absolute atomic E-state index is 0. The molecule has 0 saturated carbocycles. The fourth-order valence-corrected chi connectivity index (χ4v) is 2.36. The second-order valence-corrected chi connectivity index (χ2v) is 6.99. The summed E-state index contributed by atoms with van der Waals surface area (Å²) in [7, 11) is 0. The molecule has 0 saturated heterocycles. The van der Waals surface area contributed by atoms with Crippen molar-refractivity contribution in [2.45, 2.75) is 40.5 Å². The van der Waals surface area contributed by atoms with Gasteiger partial charge in [-0.15, -0.1) is 0 Å². The Hall–Kier alpha value is -2.67. The molecule has 6 heteroatoms. The summed E-state index contributed by atoms with van der Waals surface area (Å²) < 4.78 is 0. The Morgan fingerprint density at radius 2 is 1.16 bits per heavy atom. The third-order valence-corrected chi connectivity index (χ3v) is 4.23. The van der Waals surface area contributed by atoms with E-state index in [2.05, 4.69) is 28.8 Å². The van der Waals surface area contributed by atoms with Crippen LogP contribution in [0.3, 0.4) is 0 Å². The number of hydrogen-bond donors (Lipinski definition) is 2. The number of nitrogens with zero attached hydrogens (tertiary/aromatic N) is 3. The molecule has 0 atom stereocenters. The van der Waals surface area contributed by atoms with Crippen LogP contribution in [-0.4, -0.2) is 51.5 Å². The van der Waals surface area contributed by atoms with Gasteiger partial charge in [0.05, 0.1) is 23.8 Å². The first-order valence-corrected chi connectivity index (χ1v) is 10.1. The number of aryl methyl sites for hydroxylation is 2. The number of rotatable bonds is 5. The van der Waals surface area contributed by atoms with Crippen molar-refractivity contribution < 1.29 is 10.2 Å². The van der Waals surface area contributed by atoms with Gasteiger partial charge in [0.25, 0.3) is 0 Å². The molecular weight excluding hydrogens is 493 g/mol. The minimum atomic E-state index is 0. The van der Waals surface area contributed by atoms with Gasteiger partial charge in [0.2, 0.25) is 0 Å². The molecular formula is C25H29N3O2Sn+4. The van der Waals surface area contributed by atoms with Crippen LogP contribution in [0, 0.1) is 13.8 Å². The first kappa shape index (κ1) is 26.4. The molecule has 31 heavy (non-hydrogen) atoms. The molecule has 0 spiro atoms. The van der Waals surface area contributed by atoms with E-state index in [4.69, 9.17) is 0 Å². The molecule has 0 aliphatic carbocycles. The van der Waals surface area contributed by atoms with Gasteiger partial charge < -0.3 is 10.2 Å². The van der Waals surface area contributed by atoms with Crippen LogP contribution in [0.25, 0.3) is 0 Å². The van der Waals surface area contributed by atoms with Crippen molar-refractivity contribution in [1.29, 1.82) is 0 Å². The van der Waals surface area contributed by atoms with Gasteiger partial charge in [-0.2, -0.15) is 0 Å². The third-order valence-electron chi connectivity index (χ3n) is 4.23. The Morgan fingerprint density at radius 1 is 0.742 bits per heavy atom.